The normalized spacial score (nSPS) is 18.6. The van der Waals surface area contributed by atoms with Crippen molar-refractivity contribution in [3.63, 3.8) is 0 Å². The van der Waals surface area contributed by atoms with Crippen LogP contribution in [0.5, 0.6) is 0 Å². The monoisotopic (exact) mass is 220 g/mol. The van der Waals surface area contributed by atoms with Gasteiger partial charge in [-0.3, -0.25) is 5.43 Å². The fraction of sp³-hybridized carbons (Fsp3) is 0.889. The number of guanidine groups is 1. The molecular formula is C9H18F2N4. The van der Waals surface area contributed by atoms with Gasteiger partial charge in [0.05, 0.1) is 12.6 Å². The van der Waals surface area contributed by atoms with Crippen LogP contribution >= 0.6 is 0 Å². The summed E-state index contributed by atoms with van der Waals surface area (Å²) in [6.07, 6.45) is 1.98. The van der Waals surface area contributed by atoms with Gasteiger partial charge in [0.15, 0.2) is 0 Å². The van der Waals surface area contributed by atoms with Gasteiger partial charge in [-0.2, -0.15) is 0 Å². The molecule has 0 atom stereocenters. The molecule has 0 heterocycles. The van der Waals surface area contributed by atoms with E-state index in [2.05, 4.69) is 10.4 Å². The summed E-state index contributed by atoms with van der Waals surface area (Å²) >= 11 is 0. The average Bonchev–Trinajstić information content (AvgIpc) is 2.65. The molecule has 4 nitrogen and oxygen atoms in total. The van der Waals surface area contributed by atoms with Gasteiger partial charge in [0.2, 0.25) is 5.96 Å². The Balaban J connectivity index is 2.52. The van der Waals surface area contributed by atoms with E-state index in [1.54, 1.807) is 7.05 Å². The molecule has 0 aromatic rings. The fourth-order valence-corrected chi connectivity index (χ4v) is 1.75. The molecule has 0 bridgehead atoms. The maximum atomic E-state index is 12.1. The molecule has 0 aromatic carbocycles. The molecule has 6 heteroatoms. The van der Waals surface area contributed by atoms with Crippen LogP contribution in [0.3, 0.4) is 0 Å². The number of nitrogens with two attached hydrogens (primary N) is 1. The van der Waals surface area contributed by atoms with E-state index >= 15 is 0 Å². The van der Waals surface area contributed by atoms with Gasteiger partial charge in [-0.25, -0.2) is 19.6 Å². The van der Waals surface area contributed by atoms with Gasteiger partial charge in [0, 0.05) is 7.05 Å². The van der Waals surface area contributed by atoms with Crippen molar-refractivity contribution in [1.29, 1.82) is 0 Å². The lowest BCUT2D eigenvalue weighted by Crippen LogP contribution is -2.45. The molecule has 0 amide bonds. The summed E-state index contributed by atoms with van der Waals surface area (Å²) in [6, 6.07) is 0.233. The first-order chi connectivity index (χ1) is 7.13. The molecule has 1 rings (SSSR count). The van der Waals surface area contributed by atoms with Crippen molar-refractivity contribution < 1.29 is 8.78 Å². The van der Waals surface area contributed by atoms with Crippen LogP contribution in [0.1, 0.15) is 25.7 Å². The number of nitrogens with one attached hydrogen (secondary N) is 1. The largest absolute Gasteiger partial charge is 0.339 e. The first-order valence-electron chi connectivity index (χ1n) is 5.17. The number of nitrogens with zero attached hydrogens (tertiary/aromatic N) is 2. The van der Waals surface area contributed by atoms with Crippen LogP contribution in [-0.2, 0) is 0 Å². The van der Waals surface area contributed by atoms with Crippen LogP contribution in [0.15, 0.2) is 4.99 Å². The van der Waals surface area contributed by atoms with Crippen molar-refractivity contribution in [2.24, 2.45) is 10.8 Å². The van der Waals surface area contributed by atoms with E-state index in [-0.39, 0.29) is 12.6 Å². The summed E-state index contributed by atoms with van der Waals surface area (Å²) < 4.78 is 24.3. The summed E-state index contributed by atoms with van der Waals surface area (Å²) in [4.78, 5) is 5.67. The molecule has 0 radical (unpaired) electrons. The third-order valence-corrected chi connectivity index (χ3v) is 2.53. The highest BCUT2D eigenvalue weighted by molar-refractivity contribution is 5.79. The molecule has 1 saturated carbocycles. The summed E-state index contributed by atoms with van der Waals surface area (Å²) in [6.45, 7) is -0.351. The van der Waals surface area contributed by atoms with Crippen LogP contribution in [0.25, 0.3) is 0 Å². The number of rotatable bonds is 3. The van der Waals surface area contributed by atoms with Crippen molar-refractivity contribution in [3.8, 4) is 0 Å². The topological polar surface area (TPSA) is 53.6 Å². The Hall–Kier alpha value is -0.910. The van der Waals surface area contributed by atoms with E-state index in [1.165, 1.54) is 4.90 Å². The minimum absolute atomic E-state index is 0.233. The van der Waals surface area contributed by atoms with Gasteiger partial charge in [0.1, 0.15) is 0 Å². The first-order valence-corrected chi connectivity index (χ1v) is 5.17. The van der Waals surface area contributed by atoms with Gasteiger partial charge in [-0.15, -0.1) is 0 Å². The summed E-state index contributed by atoms with van der Waals surface area (Å²) in [5.41, 5.74) is 2.38. The molecule has 0 spiro atoms. The van der Waals surface area contributed by atoms with E-state index in [1.807, 2.05) is 0 Å². The molecule has 88 valence electrons. The first kappa shape index (κ1) is 12.2. The van der Waals surface area contributed by atoms with E-state index in [9.17, 15) is 8.78 Å². The highest BCUT2D eigenvalue weighted by atomic mass is 19.3. The van der Waals surface area contributed by atoms with E-state index in [4.69, 9.17) is 5.84 Å². The highest BCUT2D eigenvalue weighted by Crippen LogP contribution is 2.21. The Morgan fingerprint density at radius 3 is 2.60 bits per heavy atom. The Morgan fingerprint density at radius 2 is 2.13 bits per heavy atom. The molecule has 15 heavy (non-hydrogen) atoms. The van der Waals surface area contributed by atoms with Crippen molar-refractivity contribution in [2.45, 2.75) is 38.2 Å². The van der Waals surface area contributed by atoms with Crippen LogP contribution in [0.2, 0.25) is 0 Å². The average molecular weight is 220 g/mol. The minimum atomic E-state index is -2.38. The standard InChI is InChI=1S/C9H18F2N4/c1-15(6-8(10)11)9(14-12)13-7-4-2-3-5-7/h7-8H,2-6,12H2,1H3,(H,13,14). The number of halogens is 2. The van der Waals surface area contributed by atoms with Gasteiger partial charge in [0.25, 0.3) is 6.43 Å². The lowest BCUT2D eigenvalue weighted by Gasteiger charge is -2.21. The van der Waals surface area contributed by atoms with Gasteiger partial charge >= 0.3 is 0 Å². The Bertz CT molecular complexity index is 214. The lowest BCUT2D eigenvalue weighted by atomic mass is 10.3. The Morgan fingerprint density at radius 1 is 1.53 bits per heavy atom. The second kappa shape index (κ2) is 5.85. The molecule has 1 fully saturated rings. The summed E-state index contributed by atoms with van der Waals surface area (Å²) in [5.74, 6) is 5.61. The molecule has 0 aliphatic heterocycles. The smallest absolute Gasteiger partial charge is 0.255 e. The zero-order valence-electron chi connectivity index (χ0n) is 8.92. The van der Waals surface area contributed by atoms with E-state index in [0.29, 0.717) is 5.96 Å². The van der Waals surface area contributed by atoms with Gasteiger partial charge < -0.3 is 4.90 Å². The molecule has 0 saturated heterocycles. The molecule has 0 unspecified atom stereocenters. The summed E-state index contributed by atoms with van der Waals surface area (Å²) in [7, 11) is 1.56. The Kier molecular flexibility index (Phi) is 4.74. The van der Waals surface area contributed by atoms with Gasteiger partial charge in [-0.05, 0) is 12.8 Å². The maximum absolute atomic E-state index is 12.1. The van der Waals surface area contributed by atoms with E-state index < -0.39 is 6.43 Å². The zero-order chi connectivity index (χ0) is 11.3. The molecule has 3 N–H and O–H groups in total. The lowest BCUT2D eigenvalue weighted by molar-refractivity contribution is 0.122. The van der Waals surface area contributed by atoms with Crippen molar-refractivity contribution in [3.05, 3.63) is 0 Å². The number of hydrogen-bond donors (Lipinski definition) is 2. The second-order valence-electron chi connectivity index (χ2n) is 3.81. The predicted molar refractivity (Wildman–Crippen MR) is 55.6 cm³/mol. The van der Waals surface area contributed by atoms with Crippen LogP contribution in [-0.4, -0.2) is 36.9 Å². The second-order valence-corrected chi connectivity index (χ2v) is 3.81. The summed E-state index contributed by atoms with van der Waals surface area (Å²) in [5, 5.41) is 0. The molecule has 1 aliphatic rings. The number of hydrogen-bond acceptors (Lipinski definition) is 2. The molecular weight excluding hydrogens is 202 g/mol. The van der Waals surface area contributed by atoms with Gasteiger partial charge in [-0.1, -0.05) is 12.8 Å². The fourth-order valence-electron chi connectivity index (χ4n) is 1.75. The maximum Gasteiger partial charge on any atom is 0.255 e. The number of hydrazine groups is 1. The van der Waals surface area contributed by atoms with Crippen molar-refractivity contribution >= 4 is 5.96 Å². The van der Waals surface area contributed by atoms with Crippen molar-refractivity contribution in [2.75, 3.05) is 13.6 Å². The SMILES string of the molecule is CN(CC(F)F)C(=NC1CCCC1)NN. The van der Waals surface area contributed by atoms with Crippen molar-refractivity contribution in [1.82, 2.24) is 10.3 Å². The third kappa shape index (κ3) is 3.99. The van der Waals surface area contributed by atoms with Crippen LogP contribution in [0, 0.1) is 0 Å². The molecule has 0 aromatic heterocycles. The zero-order valence-corrected chi connectivity index (χ0v) is 8.92. The third-order valence-electron chi connectivity index (χ3n) is 2.53. The molecule has 1 aliphatic carbocycles. The highest BCUT2D eigenvalue weighted by Gasteiger charge is 2.17. The number of alkyl halides is 2. The minimum Gasteiger partial charge on any atom is -0.339 e. The number of aliphatic imine (C=N–C) groups is 1. The van der Waals surface area contributed by atoms with Crippen LogP contribution in [0.4, 0.5) is 8.78 Å². The van der Waals surface area contributed by atoms with E-state index in [0.717, 1.165) is 25.7 Å². The Labute approximate surface area is 88.5 Å². The quantitative estimate of drug-likeness (QED) is 0.322. The van der Waals surface area contributed by atoms with Crippen LogP contribution < -0.4 is 11.3 Å². The predicted octanol–water partition coefficient (Wildman–Crippen LogP) is 0.945.